The molecule has 0 bridgehead atoms. The van der Waals surface area contributed by atoms with E-state index in [1.807, 2.05) is 24.3 Å². The van der Waals surface area contributed by atoms with Gasteiger partial charge >= 0.3 is 0 Å². The van der Waals surface area contributed by atoms with Crippen molar-refractivity contribution in [3.05, 3.63) is 45.4 Å². The highest BCUT2D eigenvalue weighted by atomic mass is 35.5. The Balaban J connectivity index is 1.58. The molecule has 2 heterocycles. The fraction of sp³-hybridized carbons (Fsp3) is 0.375. The number of rotatable bonds is 6. The summed E-state index contributed by atoms with van der Waals surface area (Å²) in [6.45, 7) is 4.22. The monoisotopic (exact) mass is 366 g/mol. The van der Waals surface area contributed by atoms with E-state index in [1.54, 1.807) is 6.20 Å². The van der Waals surface area contributed by atoms with Gasteiger partial charge in [0.25, 0.3) is 5.91 Å². The van der Waals surface area contributed by atoms with Gasteiger partial charge in [0.1, 0.15) is 0 Å². The Labute approximate surface area is 149 Å². The largest absolute Gasteiger partial charge is 0.379 e. The Hall–Kier alpha value is -1.67. The number of halogens is 1. The number of carbonyl (C=O) groups excluding carboxylic acids is 1. The number of hydrogen-bond donors (Lipinski definition) is 2. The minimum atomic E-state index is -0.0908. The quantitative estimate of drug-likeness (QED) is 0.822. The smallest absolute Gasteiger partial charge is 0.254 e. The zero-order chi connectivity index (χ0) is 16.8. The second-order valence-corrected chi connectivity index (χ2v) is 7.07. The molecule has 1 fully saturated rings. The predicted molar refractivity (Wildman–Crippen MR) is 95.6 cm³/mol. The normalized spacial score (nSPS) is 15.2. The Bertz CT molecular complexity index is 688. The highest BCUT2D eigenvalue weighted by Gasteiger charge is 2.14. The van der Waals surface area contributed by atoms with E-state index in [2.05, 4.69) is 20.5 Å². The van der Waals surface area contributed by atoms with E-state index in [0.29, 0.717) is 36.5 Å². The molecule has 1 aromatic heterocycles. The lowest BCUT2D eigenvalue weighted by Gasteiger charge is -2.26. The maximum absolute atomic E-state index is 12.5. The molecule has 0 aliphatic carbocycles. The van der Waals surface area contributed by atoms with Gasteiger partial charge in [-0.3, -0.25) is 9.69 Å². The van der Waals surface area contributed by atoms with Crippen LogP contribution in [0.4, 0.5) is 5.69 Å². The van der Waals surface area contributed by atoms with Gasteiger partial charge in [0.15, 0.2) is 4.47 Å². The summed E-state index contributed by atoms with van der Waals surface area (Å²) in [5.74, 6) is -0.0908. The second-order valence-electron chi connectivity index (χ2n) is 5.37. The first kappa shape index (κ1) is 17.2. The van der Waals surface area contributed by atoms with Crippen LogP contribution in [0.1, 0.15) is 15.2 Å². The number of hydrogen-bond acceptors (Lipinski definition) is 6. The molecule has 6 nitrogen and oxygen atoms in total. The van der Waals surface area contributed by atoms with Crippen LogP contribution in [0.2, 0.25) is 4.47 Å². The Kier molecular flexibility index (Phi) is 6.03. The van der Waals surface area contributed by atoms with Crippen molar-refractivity contribution in [1.29, 1.82) is 0 Å². The van der Waals surface area contributed by atoms with Crippen molar-refractivity contribution in [2.45, 2.75) is 6.54 Å². The van der Waals surface area contributed by atoms with Gasteiger partial charge in [-0.05, 0) is 12.1 Å². The molecule has 0 spiro atoms. The van der Waals surface area contributed by atoms with E-state index >= 15 is 0 Å². The molecule has 0 unspecified atom stereocenters. The fourth-order valence-corrected chi connectivity index (χ4v) is 3.34. The molecule has 1 aromatic carbocycles. The fourth-order valence-electron chi connectivity index (χ4n) is 2.42. The Morgan fingerprint density at radius 3 is 2.88 bits per heavy atom. The van der Waals surface area contributed by atoms with Gasteiger partial charge in [-0.25, -0.2) is 4.98 Å². The zero-order valence-corrected chi connectivity index (χ0v) is 14.7. The lowest BCUT2D eigenvalue weighted by Crippen LogP contribution is -2.43. The number of thiazole rings is 1. The summed E-state index contributed by atoms with van der Waals surface area (Å²) in [4.78, 5) is 19.7. The summed E-state index contributed by atoms with van der Waals surface area (Å²) in [7, 11) is 0. The molecule has 0 radical (unpaired) electrons. The molecule has 0 atom stereocenters. The standard InChI is InChI=1S/C16H19ClN4O2S/c17-16-19-10-12(24-16)9-18-14-4-2-1-3-13(14)15(22)20-11-21-5-7-23-8-6-21/h1-4,10,18H,5-9,11H2,(H,20,22). The van der Waals surface area contributed by atoms with Crippen LogP contribution in [0.5, 0.6) is 0 Å². The minimum Gasteiger partial charge on any atom is -0.379 e. The molecule has 8 heteroatoms. The predicted octanol–water partition coefficient (Wildman–Crippen LogP) is 2.43. The third-order valence-electron chi connectivity index (χ3n) is 3.72. The number of nitrogens with zero attached hydrogens (tertiary/aromatic N) is 2. The van der Waals surface area contributed by atoms with E-state index in [-0.39, 0.29) is 5.91 Å². The third kappa shape index (κ3) is 4.67. The van der Waals surface area contributed by atoms with Gasteiger partial charge in [-0.15, -0.1) is 11.3 Å². The molecule has 3 rings (SSSR count). The average Bonchev–Trinajstić information content (AvgIpc) is 3.04. The van der Waals surface area contributed by atoms with Crippen LogP contribution in [-0.2, 0) is 11.3 Å². The lowest BCUT2D eigenvalue weighted by molar-refractivity contribution is 0.0334. The van der Waals surface area contributed by atoms with E-state index in [0.717, 1.165) is 23.7 Å². The minimum absolute atomic E-state index is 0.0908. The number of amides is 1. The molecule has 2 aromatic rings. The van der Waals surface area contributed by atoms with Crippen molar-refractivity contribution in [1.82, 2.24) is 15.2 Å². The summed E-state index contributed by atoms with van der Waals surface area (Å²) in [6, 6.07) is 7.47. The maximum atomic E-state index is 12.5. The van der Waals surface area contributed by atoms with Crippen molar-refractivity contribution in [3.8, 4) is 0 Å². The van der Waals surface area contributed by atoms with E-state index in [9.17, 15) is 4.79 Å². The van der Waals surface area contributed by atoms with Crippen molar-refractivity contribution in [2.75, 3.05) is 38.3 Å². The third-order valence-corrected chi connectivity index (χ3v) is 4.83. The molecule has 1 saturated heterocycles. The van der Waals surface area contributed by atoms with Crippen LogP contribution >= 0.6 is 22.9 Å². The second kappa shape index (κ2) is 8.43. The van der Waals surface area contributed by atoms with E-state index < -0.39 is 0 Å². The number of anilines is 1. The number of carbonyl (C=O) groups is 1. The highest BCUT2D eigenvalue weighted by molar-refractivity contribution is 7.15. The summed E-state index contributed by atoms with van der Waals surface area (Å²) < 4.78 is 5.83. The summed E-state index contributed by atoms with van der Waals surface area (Å²) in [5.41, 5.74) is 1.42. The van der Waals surface area contributed by atoms with Gasteiger partial charge in [0, 0.05) is 29.9 Å². The van der Waals surface area contributed by atoms with Crippen LogP contribution in [0.25, 0.3) is 0 Å². The number of nitrogens with one attached hydrogen (secondary N) is 2. The average molecular weight is 367 g/mol. The number of benzene rings is 1. The Morgan fingerprint density at radius 2 is 2.12 bits per heavy atom. The van der Waals surface area contributed by atoms with Crippen molar-refractivity contribution in [3.63, 3.8) is 0 Å². The molecule has 1 aliphatic heterocycles. The molecule has 1 amide bonds. The highest BCUT2D eigenvalue weighted by Crippen LogP contribution is 2.21. The van der Waals surface area contributed by atoms with Gasteiger partial charge in [0.2, 0.25) is 0 Å². The summed E-state index contributed by atoms with van der Waals surface area (Å²) in [6.07, 6.45) is 1.74. The van der Waals surface area contributed by atoms with E-state index in [4.69, 9.17) is 16.3 Å². The molecule has 24 heavy (non-hydrogen) atoms. The first-order chi connectivity index (χ1) is 11.7. The molecule has 1 aliphatic rings. The van der Waals surface area contributed by atoms with Crippen LogP contribution in [-0.4, -0.2) is 48.8 Å². The topological polar surface area (TPSA) is 66.5 Å². The first-order valence-corrected chi connectivity index (χ1v) is 8.93. The lowest BCUT2D eigenvalue weighted by atomic mass is 10.1. The van der Waals surface area contributed by atoms with Crippen LogP contribution in [0.3, 0.4) is 0 Å². The SMILES string of the molecule is O=C(NCN1CCOCC1)c1ccccc1NCc1cnc(Cl)s1. The zero-order valence-electron chi connectivity index (χ0n) is 13.1. The summed E-state index contributed by atoms with van der Waals surface area (Å²) in [5, 5.41) is 6.25. The number of morpholine rings is 1. The van der Waals surface area contributed by atoms with E-state index in [1.165, 1.54) is 11.3 Å². The molecular weight excluding hydrogens is 348 g/mol. The van der Waals surface area contributed by atoms with Gasteiger partial charge in [-0.1, -0.05) is 23.7 Å². The van der Waals surface area contributed by atoms with Crippen LogP contribution in [0.15, 0.2) is 30.5 Å². The van der Waals surface area contributed by atoms with Crippen molar-refractivity contribution in [2.24, 2.45) is 0 Å². The molecular formula is C16H19ClN4O2S. The van der Waals surface area contributed by atoms with Crippen LogP contribution < -0.4 is 10.6 Å². The summed E-state index contributed by atoms with van der Waals surface area (Å²) >= 11 is 7.26. The Morgan fingerprint density at radius 1 is 1.33 bits per heavy atom. The van der Waals surface area contributed by atoms with Crippen molar-refractivity contribution < 1.29 is 9.53 Å². The van der Waals surface area contributed by atoms with Crippen molar-refractivity contribution >= 4 is 34.5 Å². The molecule has 0 saturated carbocycles. The molecule has 2 N–H and O–H groups in total. The van der Waals surface area contributed by atoms with Gasteiger partial charge < -0.3 is 15.4 Å². The first-order valence-electron chi connectivity index (χ1n) is 7.74. The molecule has 128 valence electrons. The number of para-hydroxylation sites is 1. The van der Waals surface area contributed by atoms with Crippen LogP contribution in [0, 0.1) is 0 Å². The number of aromatic nitrogens is 1. The van der Waals surface area contributed by atoms with Gasteiger partial charge in [-0.2, -0.15) is 0 Å². The maximum Gasteiger partial charge on any atom is 0.254 e. The van der Waals surface area contributed by atoms with Gasteiger partial charge in [0.05, 0.1) is 32.0 Å². The number of ether oxygens (including phenoxy) is 1.